The molecule has 0 amide bonds. The van der Waals surface area contributed by atoms with E-state index in [0.717, 1.165) is 6.42 Å². The summed E-state index contributed by atoms with van der Waals surface area (Å²) in [7, 11) is 0. The van der Waals surface area contributed by atoms with Crippen LogP contribution in [0.25, 0.3) is 0 Å². The number of fused-ring (bicyclic) bond motifs is 1. The van der Waals surface area contributed by atoms with Crippen molar-refractivity contribution in [1.82, 2.24) is 4.57 Å². The Labute approximate surface area is 128 Å². The molecule has 1 aromatic heterocycles. The normalized spacial score (nSPS) is 13.7. The number of rotatable bonds is 4. The fourth-order valence-corrected chi connectivity index (χ4v) is 2.39. The first-order chi connectivity index (χ1) is 10.6. The van der Waals surface area contributed by atoms with Gasteiger partial charge in [-0.05, 0) is 25.5 Å². The average Bonchev–Trinajstić information content (AvgIpc) is 3.11. The summed E-state index contributed by atoms with van der Waals surface area (Å²) in [5.74, 6) is 2.39. The van der Waals surface area contributed by atoms with E-state index >= 15 is 0 Å². The zero-order chi connectivity index (χ0) is 15.7. The lowest BCUT2D eigenvalue weighted by atomic mass is 10.2. The minimum absolute atomic E-state index is 0.107. The number of nitrogens with two attached hydrogens (primary N) is 1. The van der Waals surface area contributed by atoms with Crippen molar-refractivity contribution < 1.29 is 14.2 Å². The van der Waals surface area contributed by atoms with Crippen molar-refractivity contribution >= 4 is 5.69 Å². The van der Waals surface area contributed by atoms with Crippen molar-refractivity contribution in [2.24, 2.45) is 0 Å². The van der Waals surface area contributed by atoms with Gasteiger partial charge in [0.05, 0.1) is 5.69 Å². The second-order valence-electron chi connectivity index (χ2n) is 5.15. The molecule has 2 heterocycles. The predicted molar refractivity (Wildman–Crippen MR) is 81.2 cm³/mol. The Hall–Kier alpha value is -2.81. The highest BCUT2D eigenvalue weighted by molar-refractivity contribution is 5.57. The van der Waals surface area contributed by atoms with Gasteiger partial charge in [-0.25, -0.2) is 0 Å². The number of hydrogen-bond acceptors (Lipinski definition) is 5. The van der Waals surface area contributed by atoms with Gasteiger partial charge in [-0.15, -0.1) is 0 Å². The highest BCUT2D eigenvalue weighted by Gasteiger charge is 2.20. The summed E-state index contributed by atoms with van der Waals surface area (Å²) in [6.45, 7) is 4.28. The van der Waals surface area contributed by atoms with E-state index in [1.165, 1.54) is 0 Å². The van der Waals surface area contributed by atoms with Crippen LogP contribution in [0.2, 0.25) is 0 Å². The van der Waals surface area contributed by atoms with Crippen molar-refractivity contribution in [3.05, 3.63) is 30.0 Å². The molecule has 1 aliphatic heterocycles. The van der Waals surface area contributed by atoms with E-state index < -0.39 is 0 Å². The Morgan fingerprint density at radius 2 is 2.14 bits per heavy atom. The Balaban J connectivity index is 1.98. The molecule has 22 heavy (non-hydrogen) atoms. The van der Waals surface area contributed by atoms with E-state index in [9.17, 15) is 5.26 Å². The lowest BCUT2D eigenvalue weighted by Gasteiger charge is -2.17. The number of aromatic nitrogens is 1. The number of hydrogen-bond donors (Lipinski definition) is 1. The summed E-state index contributed by atoms with van der Waals surface area (Å²) in [5.41, 5.74) is 6.95. The molecule has 2 N–H and O–H groups in total. The molecule has 1 aliphatic rings. The van der Waals surface area contributed by atoms with Gasteiger partial charge in [-0.1, -0.05) is 6.92 Å². The van der Waals surface area contributed by atoms with Crippen LogP contribution in [0.15, 0.2) is 24.3 Å². The number of nitrogen functional groups attached to an aromatic ring is 1. The lowest BCUT2D eigenvalue weighted by Crippen LogP contribution is -2.08. The van der Waals surface area contributed by atoms with Gasteiger partial charge in [-0.2, -0.15) is 5.26 Å². The molecule has 0 radical (unpaired) electrons. The summed E-state index contributed by atoms with van der Waals surface area (Å²) in [6, 6.07) is 9.22. The number of nitrogens with zero attached hydrogens (tertiary/aromatic N) is 2. The van der Waals surface area contributed by atoms with Crippen molar-refractivity contribution in [3.8, 4) is 29.2 Å². The number of ether oxygens (including phenoxy) is 3. The average molecular weight is 299 g/mol. The van der Waals surface area contributed by atoms with Crippen molar-refractivity contribution in [2.45, 2.75) is 26.3 Å². The van der Waals surface area contributed by atoms with Gasteiger partial charge in [0.25, 0.3) is 0 Å². The lowest BCUT2D eigenvalue weighted by molar-refractivity contribution is 0.174. The molecule has 0 fully saturated rings. The Bertz CT molecular complexity index is 746. The summed E-state index contributed by atoms with van der Waals surface area (Å²) in [4.78, 5) is 0. The summed E-state index contributed by atoms with van der Waals surface area (Å²) >= 11 is 0. The SMILES string of the molecule is CCC(C)n1c(C#N)cc(N)c1Oc1ccc2c(c1)OCO2. The van der Waals surface area contributed by atoms with Crippen LogP contribution in [0.3, 0.4) is 0 Å². The monoisotopic (exact) mass is 299 g/mol. The molecule has 6 heteroatoms. The van der Waals surface area contributed by atoms with E-state index in [1.807, 2.05) is 18.4 Å². The van der Waals surface area contributed by atoms with Crippen LogP contribution in [0.5, 0.6) is 23.1 Å². The molecular weight excluding hydrogens is 282 g/mol. The zero-order valence-electron chi connectivity index (χ0n) is 12.5. The summed E-state index contributed by atoms with van der Waals surface area (Å²) in [5, 5.41) is 9.28. The van der Waals surface area contributed by atoms with E-state index in [2.05, 4.69) is 6.07 Å². The minimum atomic E-state index is 0.107. The first-order valence-electron chi connectivity index (χ1n) is 7.12. The largest absolute Gasteiger partial charge is 0.454 e. The van der Waals surface area contributed by atoms with Crippen LogP contribution in [0.1, 0.15) is 32.0 Å². The fourth-order valence-electron chi connectivity index (χ4n) is 2.39. The Morgan fingerprint density at radius 1 is 1.36 bits per heavy atom. The van der Waals surface area contributed by atoms with E-state index in [4.69, 9.17) is 19.9 Å². The molecule has 3 rings (SSSR count). The maximum absolute atomic E-state index is 9.28. The van der Waals surface area contributed by atoms with Gasteiger partial charge >= 0.3 is 0 Å². The molecule has 0 spiro atoms. The molecule has 2 aromatic rings. The highest BCUT2D eigenvalue weighted by Crippen LogP contribution is 2.39. The molecule has 1 aromatic carbocycles. The maximum Gasteiger partial charge on any atom is 0.231 e. The predicted octanol–water partition coefficient (Wildman–Crippen LogP) is 3.43. The molecule has 114 valence electrons. The number of benzene rings is 1. The third-order valence-corrected chi connectivity index (χ3v) is 3.72. The molecule has 6 nitrogen and oxygen atoms in total. The standard InChI is InChI=1S/C16H17N3O3/c1-3-10(2)19-11(8-17)6-13(18)16(19)22-12-4-5-14-15(7-12)21-9-20-14/h4-7,10H,3,9,18H2,1-2H3. The van der Waals surface area contributed by atoms with Gasteiger partial charge in [-0.3, -0.25) is 4.57 Å². The summed E-state index contributed by atoms with van der Waals surface area (Å²) in [6.07, 6.45) is 0.861. The molecule has 0 aliphatic carbocycles. The maximum atomic E-state index is 9.28. The fraction of sp³-hybridized carbons (Fsp3) is 0.312. The second kappa shape index (κ2) is 5.53. The van der Waals surface area contributed by atoms with Gasteiger partial charge in [0.15, 0.2) is 11.5 Å². The van der Waals surface area contributed by atoms with E-state index in [-0.39, 0.29) is 12.8 Å². The molecule has 0 saturated heterocycles. The Morgan fingerprint density at radius 3 is 2.86 bits per heavy atom. The van der Waals surface area contributed by atoms with Crippen LogP contribution in [-0.2, 0) is 0 Å². The third-order valence-electron chi connectivity index (χ3n) is 3.72. The first kappa shape index (κ1) is 14.1. The van der Waals surface area contributed by atoms with Crippen LogP contribution in [-0.4, -0.2) is 11.4 Å². The molecule has 0 saturated carbocycles. The number of nitriles is 1. The quantitative estimate of drug-likeness (QED) is 0.935. The van der Waals surface area contributed by atoms with Crippen molar-refractivity contribution in [2.75, 3.05) is 12.5 Å². The highest BCUT2D eigenvalue weighted by atomic mass is 16.7. The van der Waals surface area contributed by atoms with Crippen LogP contribution >= 0.6 is 0 Å². The van der Waals surface area contributed by atoms with Gasteiger partial charge in [0.1, 0.15) is 17.5 Å². The summed E-state index contributed by atoms with van der Waals surface area (Å²) < 4.78 is 18.4. The molecular formula is C16H17N3O3. The minimum Gasteiger partial charge on any atom is -0.454 e. The van der Waals surface area contributed by atoms with Gasteiger partial charge in [0.2, 0.25) is 12.7 Å². The first-order valence-corrected chi connectivity index (χ1v) is 7.12. The zero-order valence-corrected chi connectivity index (χ0v) is 12.5. The van der Waals surface area contributed by atoms with Gasteiger partial charge in [0, 0.05) is 18.2 Å². The number of anilines is 1. The molecule has 1 unspecified atom stereocenters. The van der Waals surface area contributed by atoms with Crippen molar-refractivity contribution in [3.63, 3.8) is 0 Å². The Kier molecular flexibility index (Phi) is 3.55. The second-order valence-corrected chi connectivity index (χ2v) is 5.15. The van der Waals surface area contributed by atoms with Crippen LogP contribution in [0, 0.1) is 11.3 Å². The molecule has 1 atom stereocenters. The van der Waals surface area contributed by atoms with Gasteiger partial charge < -0.3 is 19.9 Å². The van der Waals surface area contributed by atoms with Crippen molar-refractivity contribution in [1.29, 1.82) is 5.26 Å². The van der Waals surface area contributed by atoms with Crippen LogP contribution in [0.4, 0.5) is 5.69 Å². The third kappa shape index (κ3) is 2.31. The van der Waals surface area contributed by atoms with Crippen LogP contribution < -0.4 is 19.9 Å². The smallest absolute Gasteiger partial charge is 0.231 e. The van der Waals surface area contributed by atoms with E-state index in [0.29, 0.717) is 34.5 Å². The van der Waals surface area contributed by atoms with E-state index in [1.54, 1.807) is 24.3 Å². The molecule has 0 bridgehead atoms. The topological polar surface area (TPSA) is 82.4 Å².